The molecule has 0 spiro atoms. The molecule has 3 unspecified atom stereocenters. The molecule has 0 aliphatic carbocycles. The van der Waals surface area contributed by atoms with Crippen LogP contribution in [0.15, 0.2) is 127 Å². The molecule has 0 saturated carbocycles. The summed E-state index contributed by atoms with van der Waals surface area (Å²) in [5.74, 6) is -8.38. The number of aromatic hydroxyl groups is 1. The zero-order valence-electron chi connectivity index (χ0n) is 56.3. The molecule has 2 aliphatic rings. The third-order valence-corrected chi connectivity index (χ3v) is 16.9. The zero-order valence-corrected chi connectivity index (χ0v) is 56.3. The number of ether oxygens (including phenoxy) is 2. The molecule has 33 heteroatoms. The lowest BCUT2D eigenvalue weighted by molar-refractivity contribution is -0.525. The van der Waals surface area contributed by atoms with Crippen LogP contribution in [0.2, 0.25) is 0 Å². The predicted molar refractivity (Wildman–Crippen MR) is 363 cm³/mol. The average Bonchev–Trinajstić information content (AvgIpc) is 1.83. The normalized spacial score (nSPS) is 18.0. The van der Waals surface area contributed by atoms with Gasteiger partial charge in [-0.15, -0.1) is 0 Å². The molecule has 0 bridgehead atoms. The van der Waals surface area contributed by atoms with E-state index >= 15 is 9.59 Å². The Labute approximate surface area is 581 Å². The number of nitrogens with zero attached hydrogens (tertiary/aromatic N) is 7. The van der Waals surface area contributed by atoms with Gasteiger partial charge in [0.15, 0.2) is 5.03 Å². The largest absolute Gasteiger partial charge is 0.508 e. The Bertz CT molecular complexity index is 3710. The van der Waals surface area contributed by atoms with E-state index in [1.54, 1.807) is 59.8 Å². The summed E-state index contributed by atoms with van der Waals surface area (Å²) in [4.78, 5) is 175. The number of hydrazine groups is 1. The minimum atomic E-state index is -1.61. The fraction of sp³-hybridized carbons (Fsp3) is 0.441. The van der Waals surface area contributed by atoms with Gasteiger partial charge in [0.25, 0.3) is 11.6 Å². The molecular formula is C68H86N16O17. The van der Waals surface area contributed by atoms with Crippen molar-refractivity contribution < 1.29 is 72.5 Å². The first-order chi connectivity index (χ1) is 48.4. The number of phenolic OH excluding ortho intramolecular Hbond substituents is 1. The fourth-order valence-electron chi connectivity index (χ4n) is 11.2. The number of benzene rings is 4. The number of aromatic nitrogens is 2. The van der Waals surface area contributed by atoms with Gasteiger partial charge in [-0.2, -0.15) is 0 Å². The topological polar surface area (TPSA) is 455 Å². The van der Waals surface area contributed by atoms with E-state index in [4.69, 9.17) is 15.2 Å². The second-order valence-electron chi connectivity index (χ2n) is 24.6. The summed E-state index contributed by atoms with van der Waals surface area (Å²) >= 11 is 0. The van der Waals surface area contributed by atoms with Crippen LogP contribution in [-0.4, -0.2) is 175 Å². The van der Waals surface area contributed by atoms with Gasteiger partial charge < -0.3 is 71.9 Å². The number of nitro benzene ring substituents is 1. The number of likely N-dealkylation sites (tertiary alicyclic amines) is 1. The quantitative estimate of drug-likeness (QED) is 0.00819. The molecule has 2 fully saturated rings. The molecule has 2 aliphatic heterocycles. The number of non-ortho nitro benzene ring substituents is 1. The van der Waals surface area contributed by atoms with Crippen LogP contribution >= 0.6 is 0 Å². The van der Waals surface area contributed by atoms with Gasteiger partial charge in [0.05, 0.1) is 16.9 Å². The summed E-state index contributed by atoms with van der Waals surface area (Å²) < 4.78 is 12.7. The smallest absolute Gasteiger partial charge is 0.410 e. The zero-order chi connectivity index (χ0) is 73.0. The number of nitrogens with two attached hydrogens (primary N) is 1. The molecule has 11 N–H and O–H groups in total. The van der Waals surface area contributed by atoms with E-state index in [0.29, 0.717) is 41.8 Å². The van der Waals surface area contributed by atoms with Crippen molar-refractivity contribution in [1.29, 1.82) is 0 Å². The minimum Gasteiger partial charge on any atom is -0.508 e. The van der Waals surface area contributed by atoms with E-state index in [2.05, 4.69) is 47.2 Å². The standard InChI is InChI=1S/C68H86N16O17/c1-4-43(2)59(66(94)100-40-47-22-26-49(27-23-47)83(96)97)78-64(92)56-21-14-34-82(56)65(93)55(36-48-38-81(42-72-48)37-45-15-7-5-8-16-45)77-61(89)52-19-11-12-32-70-57(86)31-30-53(62(90)76-54(63(91)74-52)35-44-24-28-50(85)29-25-44)75-60(88)51(20-13-33-71-67(69)79-84(98)99)73-58(87)39-80(3)68(95)101-41-46-17-9-6-10-18-46/h5-10,15-18,22-29,38,42-43,51-56,59,85H,4,11-14,19-21,30-37,39-41H2,1-3H3,(H,70,86)(H,73,87)(H,74,91)(H,75,88)(H,76,90)(H,77,89)(H,78,92)(H3,69,71,79)/t43-,51-,52?,53?,54?,55-,56-,59-/m0/s1. The summed E-state index contributed by atoms with van der Waals surface area (Å²) in [6.45, 7) is 2.92. The lowest BCUT2D eigenvalue weighted by Gasteiger charge is -2.31. The summed E-state index contributed by atoms with van der Waals surface area (Å²) in [7, 11) is 1.29. The molecule has 540 valence electrons. The molecule has 9 amide bonds. The van der Waals surface area contributed by atoms with Gasteiger partial charge in [-0.25, -0.2) is 29.7 Å². The molecular weight excluding hydrogens is 1310 g/mol. The van der Waals surface area contributed by atoms with Crippen molar-refractivity contribution in [3.63, 3.8) is 0 Å². The van der Waals surface area contributed by atoms with Crippen LogP contribution in [0, 0.1) is 26.1 Å². The van der Waals surface area contributed by atoms with Gasteiger partial charge in [-0.3, -0.25) is 48.5 Å². The number of guanidine groups is 1. The van der Waals surface area contributed by atoms with E-state index in [0.717, 1.165) is 10.5 Å². The summed E-state index contributed by atoms with van der Waals surface area (Å²) in [6, 6.07) is 19.5. The monoisotopic (exact) mass is 1400 g/mol. The van der Waals surface area contributed by atoms with Gasteiger partial charge in [0, 0.05) is 70.8 Å². The lowest BCUT2D eigenvalue weighted by atomic mass is 9.98. The number of phenols is 1. The van der Waals surface area contributed by atoms with E-state index in [1.165, 1.54) is 60.5 Å². The Balaban J connectivity index is 1.13. The Hall–Kier alpha value is -11.5. The van der Waals surface area contributed by atoms with Crippen molar-refractivity contribution in [2.24, 2.45) is 16.6 Å². The Morgan fingerprint density at radius 1 is 0.792 bits per heavy atom. The second kappa shape index (κ2) is 38.6. The number of aliphatic imine (C=N–C) groups is 1. The summed E-state index contributed by atoms with van der Waals surface area (Å²) in [5, 5.41) is 50.5. The molecule has 3 heterocycles. The number of amides is 9. The number of nitrogens with one attached hydrogen (secondary N) is 8. The van der Waals surface area contributed by atoms with E-state index < -0.39 is 130 Å². The van der Waals surface area contributed by atoms with E-state index in [-0.39, 0.29) is 108 Å². The maximum absolute atomic E-state index is 15.3. The fourth-order valence-corrected chi connectivity index (χ4v) is 11.2. The van der Waals surface area contributed by atoms with E-state index in [9.17, 15) is 63.7 Å². The number of carbonyl (C=O) groups is 10. The van der Waals surface area contributed by atoms with Crippen molar-refractivity contribution >= 4 is 71.0 Å². The molecule has 101 heavy (non-hydrogen) atoms. The SMILES string of the molecule is CC[C@H](C)[C@H](NC(=O)[C@@H]1CCCN1C(=O)[C@H](Cc1cn(Cc2ccccc2)cn1)NC(=O)C1CCCCNC(=O)CCC(NC(=O)[C@H](CCCN=C(N)N[N+](=O)[O-])NC(=O)CN(C)C(=O)OCc2ccccc2)C(=O)NC(Cc2ccc(O)cc2)C(=O)N1)C(=O)OCc1ccc([N+](=O)[O-])cc1. The maximum Gasteiger partial charge on any atom is 0.410 e. The number of esters is 1. The highest BCUT2D eigenvalue weighted by Gasteiger charge is 2.41. The number of rotatable bonds is 29. The molecule has 8 atom stereocenters. The van der Waals surface area contributed by atoms with Crippen LogP contribution < -0.4 is 48.4 Å². The van der Waals surface area contributed by atoms with Crippen LogP contribution in [0.5, 0.6) is 5.75 Å². The Kier molecular flexibility index (Phi) is 29.3. The molecule has 0 radical (unpaired) electrons. The first-order valence-electron chi connectivity index (χ1n) is 33.2. The van der Waals surface area contributed by atoms with Gasteiger partial charge in [-0.05, 0) is 104 Å². The van der Waals surface area contributed by atoms with Crippen LogP contribution in [0.3, 0.4) is 0 Å². The Morgan fingerprint density at radius 3 is 2.15 bits per heavy atom. The Morgan fingerprint density at radius 2 is 1.47 bits per heavy atom. The number of likely N-dealkylation sites (N-methyl/N-ethyl adjacent to an activating group) is 1. The lowest BCUT2D eigenvalue weighted by Crippen LogP contribution is -2.60. The molecule has 7 rings (SSSR count). The number of hydrogen-bond acceptors (Lipinski definition) is 19. The minimum absolute atomic E-state index is 0.0315. The second-order valence-corrected chi connectivity index (χ2v) is 24.6. The molecule has 4 aromatic carbocycles. The van der Waals surface area contributed by atoms with Crippen LogP contribution in [0.1, 0.15) is 106 Å². The first-order valence-corrected chi connectivity index (χ1v) is 33.2. The van der Waals surface area contributed by atoms with E-state index in [1.807, 2.05) is 37.3 Å². The van der Waals surface area contributed by atoms with Crippen molar-refractivity contribution in [3.05, 3.63) is 170 Å². The number of carbonyl (C=O) groups excluding carboxylic acids is 10. The number of imidazole rings is 1. The summed E-state index contributed by atoms with van der Waals surface area (Å²) in [6.07, 6.45) is 2.30. The van der Waals surface area contributed by atoms with Crippen LogP contribution in [0.25, 0.3) is 0 Å². The van der Waals surface area contributed by atoms with Crippen molar-refractivity contribution in [2.75, 3.05) is 33.2 Å². The number of nitro groups is 2. The molecule has 2 saturated heterocycles. The molecule has 5 aromatic rings. The maximum atomic E-state index is 15.3. The first kappa shape index (κ1) is 76.8. The molecule has 1 aromatic heterocycles. The predicted octanol–water partition coefficient (Wildman–Crippen LogP) is 2.24. The van der Waals surface area contributed by atoms with Crippen molar-refractivity contribution in [2.45, 2.75) is 153 Å². The van der Waals surface area contributed by atoms with Gasteiger partial charge in [0.2, 0.25) is 47.3 Å². The summed E-state index contributed by atoms with van der Waals surface area (Å²) in [5.41, 5.74) is 10.0. The van der Waals surface area contributed by atoms with Crippen LogP contribution in [0.4, 0.5) is 10.5 Å². The average molecular weight is 1400 g/mol. The van der Waals surface area contributed by atoms with Gasteiger partial charge in [0.1, 0.15) is 67.8 Å². The number of hydrogen-bond donors (Lipinski definition) is 10. The highest BCUT2D eigenvalue weighted by Crippen LogP contribution is 2.23. The molecule has 33 nitrogen and oxygen atoms in total. The third-order valence-electron chi connectivity index (χ3n) is 16.9. The van der Waals surface area contributed by atoms with Crippen molar-refractivity contribution in [1.82, 2.24) is 62.0 Å². The highest BCUT2D eigenvalue weighted by atomic mass is 16.7. The van der Waals surface area contributed by atoms with Crippen LogP contribution in [-0.2, 0) is 85.2 Å². The highest BCUT2D eigenvalue weighted by molar-refractivity contribution is 5.98. The van der Waals surface area contributed by atoms with Crippen molar-refractivity contribution in [3.8, 4) is 5.75 Å². The van der Waals surface area contributed by atoms with Gasteiger partial charge >= 0.3 is 12.1 Å². The third kappa shape index (κ3) is 24.7. The van der Waals surface area contributed by atoms with Gasteiger partial charge in [-0.1, -0.05) is 98.5 Å².